The van der Waals surface area contributed by atoms with Crippen LogP contribution >= 0.6 is 22.6 Å². The molecular weight excluding hydrogens is 297 g/mol. The molecule has 4 nitrogen and oxygen atoms in total. The third-order valence-electron chi connectivity index (χ3n) is 1.77. The molecule has 2 rings (SSSR count). The Morgan fingerprint density at radius 2 is 2.07 bits per heavy atom. The van der Waals surface area contributed by atoms with E-state index in [1.807, 2.05) is 6.07 Å². The van der Waals surface area contributed by atoms with Gasteiger partial charge in [-0.3, -0.25) is 4.79 Å². The van der Waals surface area contributed by atoms with Crippen molar-refractivity contribution in [3.05, 3.63) is 15.7 Å². The SMILES string of the molecule is CC(=O)Nc1cc2c(cc1I)OCO2. The fourth-order valence-electron chi connectivity index (χ4n) is 1.20. The number of halogens is 1. The Bertz CT molecular complexity index is 392. The molecule has 0 bridgehead atoms. The molecule has 0 saturated carbocycles. The van der Waals surface area contributed by atoms with Gasteiger partial charge in [0.2, 0.25) is 12.7 Å². The summed E-state index contributed by atoms with van der Waals surface area (Å²) in [6.45, 7) is 1.72. The van der Waals surface area contributed by atoms with Gasteiger partial charge < -0.3 is 14.8 Å². The highest BCUT2D eigenvalue weighted by atomic mass is 127. The van der Waals surface area contributed by atoms with Crippen molar-refractivity contribution in [2.24, 2.45) is 0 Å². The standard InChI is InChI=1S/C9H8INO3/c1-5(12)11-7-3-9-8(2-6(7)10)13-4-14-9/h2-3H,4H2,1H3,(H,11,12). The highest BCUT2D eigenvalue weighted by Gasteiger charge is 2.16. The van der Waals surface area contributed by atoms with Crippen LogP contribution in [0.2, 0.25) is 0 Å². The van der Waals surface area contributed by atoms with Crippen LogP contribution in [-0.4, -0.2) is 12.7 Å². The van der Waals surface area contributed by atoms with Crippen LogP contribution in [0.25, 0.3) is 0 Å². The van der Waals surface area contributed by atoms with Crippen LogP contribution in [0.3, 0.4) is 0 Å². The smallest absolute Gasteiger partial charge is 0.231 e. The Morgan fingerprint density at radius 3 is 2.71 bits per heavy atom. The zero-order valence-corrected chi connectivity index (χ0v) is 9.62. The van der Waals surface area contributed by atoms with E-state index in [0.717, 1.165) is 15.0 Å². The van der Waals surface area contributed by atoms with E-state index in [-0.39, 0.29) is 12.7 Å². The quantitative estimate of drug-likeness (QED) is 0.807. The minimum atomic E-state index is -0.0956. The monoisotopic (exact) mass is 305 g/mol. The molecular formula is C9H8INO3. The van der Waals surface area contributed by atoms with Gasteiger partial charge in [0.15, 0.2) is 11.5 Å². The second-order valence-corrected chi connectivity index (χ2v) is 4.03. The molecule has 0 unspecified atom stereocenters. The normalized spacial score (nSPS) is 12.7. The average molecular weight is 305 g/mol. The first-order valence-corrected chi connectivity index (χ1v) is 5.11. The van der Waals surface area contributed by atoms with Crippen LogP contribution in [0, 0.1) is 3.57 Å². The largest absolute Gasteiger partial charge is 0.454 e. The van der Waals surface area contributed by atoms with Crippen LogP contribution < -0.4 is 14.8 Å². The van der Waals surface area contributed by atoms with Gasteiger partial charge in [-0.1, -0.05) is 0 Å². The molecule has 1 aromatic carbocycles. The predicted octanol–water partition coefficient (Wildman–Crippen LogP) is 1.98. The van der Waals surface area contributed by atoms with E-state index in [2.05, 4.69) is 27.9 Å². The van der Waals surface area contributed by atoms with Gasteiger partial charge in [-0.2, -0.15) is 0 Å². The Hall–Kier alpha value is -0.980. The number of rotatable bonds is 1. The summed E-state index contributed by atoms with van der Waals surface area (Å²) in [4.78, 5) is 10.9. The summed E-state index contributed by atoms with van der Waals surface area (Å²) in [6, 6.07) is 3.61. The third kappa shape index (κ3) is 1.77. The van der Waals surface area contributed by atoms with Crippen molar-refractivity contribution < 1.29 is 14.3 Å². The molecule has 74 valence electrons. The number of amides is 1. The predicted molar refractivity (Wildman–Crippen MR) is 59.6 cm³/mol. The van der Waals surface area contributed by atoms with E-state index in [9.17, 15) is 4.79 Å². The van der Waals surface area contributed by atoms with Crippen molar-refractivity contribution in [1.82, 2.24) is 0 Å². The van der Waals surface area contributed by atoms with Crippen LogP contribution in [0.5, 0.6) is 11.5 Å². The Morgan fingerprint density at radius 1 is 1.43 bits per heavy atom. The summed E-state index contributed by atoms with van der Waals surface area (Å²) in [7, 11) is 0. The molecule has 1 aliphatic heterocycles. The number of hydrogen-bond acceptors (Lipinski definition) is 3. The van der Waals surface area contributed by atoms with E-state index >= 15 is 0 Å². The molecule has 1 N–H and O–H groups in total. The van der Waals surface area contributed by atoms with Gasteiger partial charge >= 0.3 is 0 Å². The Balaban J connectivity index is 2.37. The Kier molecular flexibility index (Phi) is 2.49. The van der Waals surface area contributed by atoms with Crippen molar-refractivity contribution in [3.8, 4) is 11.5 Å². The maximum absolute atomic E-state index is 10.9. The second-order valence-electron chi connectivity index (χ2n) is 2.87. The molecule has 0 radical (unpaired) electrons. The first-order chi connectivity index (χ1) is 6.66. The fourth-order valence-corrected chi connectivity index (χ4v) is 1.78. The summed E-state index contributed by atoms with van der Waals surface area (Å²) in [5.41, 5.74) is 0.752. The molecule has 1 aliphatic rings. The van der Waals surface area contributed by atoms with Gasteiger partial charge in [-0.15, -0.1) is 0 Å². The van der Waals surface area contributed by atoms with E-state index < -0.39 is 0 Å². The lowest BCUT2D eigenvalue weighted by Crippen LogP contribution is -2.06. The minimum Gasteiger partial charge on any atom is -0.454 e. The molecule has 0 aliphatic carbocycles. The molecule has 0 spiro atoms. The van der Waals surface area contributed by atoms with Crippen molar-refractivity contribution in [2.45, 2.75) is 6.92 Å². The van der Waals surface area contributed by atoms with Crippen LogP contribution in [-0.2, 0) is 4.79 Å². The van der Waals surface area contributed by atoms with E-state index in [4.69, 9.17) is 9.47 Å². The lowest BCUT2D eigenvalue weighted by Gasteiger charge is -2.06. The van der Waals surface area contributed by atoms with E-state index in [0.29, 0.717) is 5.75 Å². The van der Waals surface area contributed by atoms with E-state index in [1.54, 1.807) is 6.07 Å². The maximum atomic E-state index is 10.9. The minimum absolute atomic E-state index is 0.0956. The molecule has 14 heavy (non-hydrogen) atoms. The van der Waals surface area contributed by atoms with Gasteiger partial charge in [-0.05, 0) is 28.7 Å². The number of benzene rings is 1. The molecule has 5 heteroatoms. The molecule has 0 saturated heterocycles. The second kappa shape index (κ2) is 3.64. The van der Waals surface area contributed by atoms with Crippen molar-refractivity contribution in [3.63, 3.8) is 0 Å². The van der Waals surface area contributed by atoms with Gasteiger partial charge in [0.1, 0.15) is 0 Å². The molecule has 0 fully saturated rings. The number of anilines is 1. The number of carbonyl (C=O) groups excluding carboxylic acids is 1. The van der Waals surface area contributed by atoms with Crippen molar-refractivity contribution >= 4 is 34.2 Å². The zero-order valence-electron chi connectivity index (χ0n) is 7.46. The number of ether oxygens (including phenoxy) is 2. The number of carbonyl (C=O) groups is 1. The number of hydrogen-bond donors (Lipinski definition) is 1. The summed E-state index contributed by atoms with van der Waals surface area (Å²) >= 11 is 2.14. The van der Waals surface area contributed by atoms with Gasteiger partial charge in [0.25, 0.3) is 0 Å². The van der Waals surface area contributed by atoms with Gasteiger partial charge in [0, 0.05) is 16.6 Å². The van der Waals surface area contributed by atoms with E-state index in [1.165, 1.54) is 6.92 Å². The van der Waals surface area contributed by atoms with Gasteiger partial charge in [0.05, 0.1) is 5.69 Å². The summed E-state index contributed by atoms with van der Waals surface area (Å²) in [6.07, 6.45) is 0. The zero-order chi connectivity index (χ0) is 10.1. The lowest BCUT2D eigenvalue weighted by molar-refractivity contribution is -0.114. The average Bonchev–Trinajstić information content (AvgIpc) is 2.51. The number of nitrogens with one attached hydrogen (secondary N) is 1. The summed E-state index contributed by atoms with van der Waals surface area (Å²) in [5, 5.41) is 2.72. The van der Waals surface area contributed by atoms with Crippen LogP contribution in [0.4, 0.5) is 5.69 Å². The molecule has 1 heterocycles. The topological polar surface area (TPSA) is 47.6 Å². The highest BCUT2D eigenvalue weighted by molar-refractivity contribution is 14.1. The summed E-state index contributed by atoms with van der Waals surface area (Å²) in [5.74, 6) is 1.31. The highest BCUT2D eigenvalue weighted by Crippen LogP contribution is 2.37. The van der Waals surface area contributed by atoms with Gasteiger partial charge in [-0.25, -0.2) is 0 Å². The lowest BCUT2D eigenvalue weighted by atomic mass is 10.3. The molecule has 1 amide bonds. The number of fused-ring (bicyclic) bond motifs is 1. The molecule has 1 aromatic rings. The molecule has 0 aromatic heterocycles. The van der Waals surface area contributed by atoms with Crippen LogP contribution in [0.15, 0.2) is 12.1 Å². The van der Waals surface area contributed by atoms with Crippen molar-refractivity contribution in [2.75, 3.05) is 12.1 Å². The third-order valence-corrected chi connectivity index (χ3v) is 2.67. The fraction of sp³-hybridized carbons (Fsp3) is 0.222. The first kappa shape index (κ1) is 9.57. The first-order valence-electron chi connectivity index (χ1n) is 4.03. The van der Waals surface area contributed by atoms with Crippen molar-refractivity contribution in [1.29, 1.82) is 0 Å². The molecule has 0 atom stereocenters. The summed E-state index contributed by atoms with van der Waals surface area (Å²) < 4.78 is 11.3. The Labute approximate surface area is 94.7 Å². The van der Waals surface area contributed by atoms with Crippen LogP contribution in [0.1, 0.15) is 6.92 Å². The maximum Gasteiger partial charge on any atom is 0.231 e.